The third kappa shape index (κ3) is 3.89. The number of nitrogens with two attached hydrogens (primary N) is 1. The van der Waals surface area contributed by atoms with Gasteiger partial charge in [0.05, 0.1) is 31.1 Å². The van der Waals surface area contributed by atoms with Crippen molar-refractivity contribution in [1.29, 1.82) is 0 Å². The van der Waals surface area contributed by atoms with E-state index in [4.69, 9.17) is 15.2 Å². The molecular weight excluding hydrogens is 242 g/mol. The molecule has 1 aromatic rings. The van der Waals surface area contributed by atoms with Gasteiger partial charge in [0.2, 0.25) is 0 Å². The Labute approximate surface area is 114 Å². The average Bonchev–Trinajstić information content (AvgIpc) is 2.37. The molecule has 106 valence electrons. The molecule has 2 N–H and O–H groups in total. The summed E-state index contributed by atoms with van der Waals surface area (Å²) in [7, 11) is 2.08. The summed E-state index contributed by atoms with van der Waals surface area (Å²) in [4.78, 5) is 6.43. The molecule has 19 heavy (non-hydrogen) atoms. The van der Waals surface area contributed by atoms with Gasteiger partial charge in [-0.25, -0.2) is 0 Å². The Balaban J connectivity index is 2.07. The smallest absolute Gasteiger partial charge is 0.138 e. The maximum absolute atomic E-state index is 6.28. The average molecular weight is 265 g/mol. The van der Waals surface area contributed by atoms with Crippen molar-refractivity contribution >= 4 is 0 Å². The van der Waals surface area contributed by atoms with Gasteiger partial charge in [-0.1, -0.05) is 0 Å². The largest absolute Gasteiger partial charge is 0.489 e. The van der Waals surface area contributed by atoms with Crippen LogP contribution in [0.5, 0.6) is 5.75 Å². The standard InChI is InChI=1S/C14H23N3O2/c1-10(2)19-12-6-11(7-16-8-12)14(15)13-9-17(3)4-5-18-13/h6-8,10,13-14H,4-5,9,15H2,1-3H3. The molecule has 0 aliphatic carbocycles. The molecule has 1 aliphatic rings. The van der Waals surface area contributed by atoms with Crippen LogP contribution in [0.1, 0.15) is 25.5 Å². The molecule has 0 radical (unpaired) electrons. The zero-order valence-electron chi connectivity index (χ0n) is 11.9. The highest BCUT2D eigenvalue weighted by atomic mass is 16.5. The molecule has 1 aromatic heterocycles. The molecule has 5 heteroatoms. The minimum Gasteiger partial charge on any atom is -0.489 e. The van der Waals surface area contributed by atoms with E-state index in [0.29, 0.717) is 0 Å². The second-order valence-electron chi connectivity index (χ2n) is 5.32. The lowest BCUT2D eigenvalue weighted by Gasteiger charge is -2.33. The monoisotopic (exact) mass is 265 g/mol. The van der Waals surface area contributed by atoms with Gasteiger partial charge in [0, 0.05) is 19.3 Å². The number of hydrogen-bond donors (Lipinski definition) is 1. The molecule has 0 saturated carbocycles. The van der Waals surface area contributed by atoms with Crippen LogP contribution < -0.4 is 10.5 Å². The van der Waals surface area contributed by atoms with Crippen LogP contribution in [0, 0.1) is 0 Å². The van der Waals surface area contributed by atoms with E-state index in [2.05, 4.69) is 16.9 Å². The number of likely N-dealkylation sites (N-methyl/N-ethyl adjacent to an activating group) is 1. The first-order valence-electron chi connectivity index (χ1n) is 6.73. The van der Waals surface area contributed by atoms with Gasteiger partial charge in [-0.05, 0) is 32.5 Å². The lowest BCUT2D eigenvalue weighted by molar-refractivity contribution is -0.0327. The van der Waals surface area contributed by atoms with Crippen molar-refractivity contribution < 1.29 is 9.47 Å². The van der Waals surface area contributed by atoms with E-state index in [1.54, 1.807) is 12.4 Å². The van der Waals surface area contributed by atoms with Crippen molar-refractivity contribution in [2.24, 2.45) is 5.73 Å². The van der Waals surface area contributed by atoms with Crippen molar-refractivity contribution in [3.63, 3.8) is 0 Å². The van der Waals surface area contributed by atoms with E-state index in [1.807, 2.05) is 19.9 Å². The van der Waals surface area contributed by atoms with Gasteiger partial charge in [0.15, 0.2) is 0 Å². The van der Waals surface area contributed by atoms with Crippen molar-refractivity contribution in [3.8, 4) is 5.75 Å². The molecule has 2 rings (SSSR count). The van der Waals surface area contributed by atoms with Crippen LogP contribution >= 0.6 is 0 Å². The molecule has 5 nitrogen and oxygen atoms in total. The maximum atomic E-state index is 6.28. The molecule has 2 unspecified atom stereocenters. The first-order chi connectivity index (χ1) is 9.06. The number of rotatable bonds is 4. The van der Waals surface area contributed by atoms with Gasteiger partial charge in [-0.15, -0.1) is 0 Å². The minimum atomic E-state index is -0.175. The number of hydrogen-bond acceptors (Lipinski definition) is 5. The van der Waals surface area contributed by atoms with E-state index in [1.165, 1.54) is 0 Å². The van der Waals surface area contributed by atoms with Crippen molar-refractivity contribution in [3.05, 3.63) is 24.0 Å². The summed E-state index contributed by atoms with van der Waals surface area (Å²) in [5.74, 6) is 0.757. The number of aromatic nitrogens is 1. The van der Waals surface area contributed by atoms with Gasteiger partial charge >= 0.3 is 0 Å². The van der Waals surface area contributed by atoms with E-state index in [-0.39, 0.29) is 18.2 Å². The number of pyridine rings is 1. The van der Waals surface area contributed by atoms with Gasteiger partial charge in [0.25, 0.3) is 0 Å². The summed E-state index contributed by atoms with van der Waals surface area (Å²) in [5, 5.41) is 0. The summed E-state index contributed by atoms with van der Waals surface area (Å²) < 4.78 is 11.4. The van der Waals surface area contributed by atoms with Crippen LogP contribution in [0.3, 0.4) is 0 Å². The predicted octanol–water partition coefficient (Wildman–Crippen LogP) is 1.20. The molecule has 2 atom stereocenters. The Morgan fingerprint density at radius 3 is 2.95 bits per heavy atom. The number of nitrogens with zero attached hydrogens (tertiary/aromatic N) is 2. The van der Waals surface area contributed by atoms with E-state index < -0.39 is 0 Å². The molecule has 0 aromatic carbocycles. The van der Waals surface area contributed by atoms with Crippen molar-refractivity contribution in [2.75, 3.05) is 26.7 Å². The first kappa shape index (κ1) is 14.2. The minimum absolute atomic E-state index is 0.00912. The SMILES string of the molecule is CC(C)Oc1cncc(C(N)C2CN(C)CCO2)c1. The molecule has 0 bridgehead atoms. The Morgan fingerprint density at radius 2 is 2.26 bits per heavy atom. The van der Waals surface area contributed by atoms with Crippen LogP contribution in [-0.4, -0.2) is 48.8 Å². The number of morpholine rings is 1. The number of ether oxygens (including phenoxy) is 2. The quantitative estimate of drug-likeness (QED) is 0.886. The normalized spacial score (nSPS) is 22.5. The fourth-order valence-corrected chi connectivity index (χ4v) is 2.20. The lowest BCUT2D eigenvalue weighted by Crippen LogP contribution is -2.45. The van der Waals surface area contributed by atoms with Crippen molar-refractivity contribution in [2.45, 2.75) is 32.1 Å². The van der Waals surface area contributed by atoms with Crippen molar-refractivity contribution in [1.82, 2.24) is 9.88 Å². The Kier molecular flexibility index (Phi) is 4.74. The van der Waals surface area contributed by atoms with Gasteiger partial charge < -0.3 is 20.1 Å². The highest BCUT2D eigenvalue weighted by molar-refractivity contribution is 5.26. The predicted molar refractivity (Wildman–Crippen MR) is 74.2 cm³/mol. The Hall–Kier alpha value is -1.17. The molecule has 0 spiro atoms. The molecule has 2 heterocycles. The first-order valence-corrected chi connectivity index (χ1v) is 6.73. The fourth-order valence-electron chi connectivity index (χ4n) is 2.20. The molecule has 0 amide bonds. The van der Waals surface area contributed by atoms with E-state index >= 15 is 0 Å². The van der Waals surface area contributed by atoms with E-state index in [0.717, 1.165) is 31.0 Å². The summed E-state index contributed by atoms with van der Waals surface area (Å²) in [6.07, 6.45) is 3.64. The molecule has 1 fully saturated rings. The molecular formula is C14H23N3O2. The topological polar surface area (TPSA) is 60.6 Å². The summed E-state index contributed by atoms with van der Waals surface area (Å²) in [6.45, 7) is 6.51. The van der Waals surface area contributed by atoms with Crippen LogP contribution in [0.2, 0.25) is 0 Å². The summed E-state index contributed by atoms with van der Waals surface area (Å²) in [5.41, 5.74) is 7.24. The highest BCUT2D eigenvalue weighted by Crippen LogP contribution is 2.22. The van der Waals surface area contributed by atoms with Gasteiger partial charge in [-0.2, -0.15) is 0 Å². The second-order valence-corrected chi connectivity index (χ2v) is 5.32. The van der Waals surface area contributed by atoms with Crippen LogP contribution in [0.4, 0.5) is 0 Å². The zero-order valence-corrected chi connectivity index (χ0v) is 11.9. The zero-order chi connectivity index (χ0) is 13.8. The fraction of sp³-hybridized carbons (Fsp3) is 0.643. The third-order valence-corrected chi connectivity index (χ3v) is 3.19. The van der Waals surface area contributed by atoms with Gasteiger partial charge in [-0.3, -0.25) is 4.98 Å². The van der Waals surface area contributed by atoms with Crippen LogP contribution in [-0.2, 0) is 4.74 Å². The maximum Gasteiger partial charge on any atom is 0.138 e. The molecule has 1 aliphatic heterocycles. The Bertz CT molecular complexity index is 411. The second kappa shape index (κ2) is 6.32. The van der Waals surface area contributed by atoms with Gasteiger partial charge in [0.1, 0.15) is 5.75 Å². The molecule has 1 saturated heterocycles. The summed E-state index contributed by atoms with van der Waals surface area (Å²) in [6, 6.07) is 1.78. The highest BCUT2D eigenvalue weighted by Gasteiger charge is 2.25. The van der Waals surface area contributed by atoms with Crippen LogP contribution in [0.15, 0.2) is 18.5 Å². The Morgan fingerprint density at radius 1 is 1.47 bits per heavy atom. The van der Waals surface area contributed by atoms with E-state index in [9.17, 15) is 0 Å². The third-order valence-electron chi connectivity index (χ3n) is 3.19. The lowest BCUT2D eigenvalue weighted by atomic mass is 10.0. The van der Waals surface area contributed by atoms with Crippen LogP contribution in [0.25, 0.3) is 0 Å². The summed E-state index contributed by atoms with van der Waals surface area (Å²) >= 11 is 0.